The van der Waals surface area contributed by atoms with E-state index >= 15 is 0 Å². The summed E-state index contributed by atoms with van der Waals surface area (Å²) < 4.78 is 11.6. The highest BCUT2D eigenvalue weighted by molar-refractivity contribution is 6.12. The summed E-state index contributed by atoms with van der Waals surface area (Å²) >= 11 is 0. The molecular weight excluding hydrogens is 418 g/mol. The monoisotopic (exact) mass is 453 g/mol. The summed E-state index contributed by atoms with van der Waals surface area (Å²) in [7, 11) is 0. The summed E-state index contributed by atoms with van der Waals surface area (Å²) in [4.78, 5) is 31.7. The van der Waals surface area contributed by atoms with Crippen molar-refractivity contribution >= 4 is 17.5 Å². The number of fused-ring (bicyclic) bond motifs is 1. The maximum Gasteiger partial charge on any atom is 0.336 e. The molecule has 0 aromatic heterocycles. The van der Waals surface area contributed by atoms with Crippen LogP contribution in [-0.4, -0.2) is 35.3 Å². The van der Waals surface area contributed by atoms with Gasteiger partial charge in [-0.25, -0.2) is 4.79 Å². The Morgan fingerprint density at radius 2 is 1.88 bits per heavy atom. The molecule has 6 nitrogen and oxygen atoms in total. The molecule has 1 aromatic carbocycles. The zero-order valence-corrected chi connectivity index (χ0v) is 20.1. The molecule has 1 unspecified atom stereocenters. The number of rotatable bonds is 5. The molecular formula is C27H35NO5. The Morgan fingerprint density at radius 1 is 1.15 bits per heavy atom. The minimum Gasteiger partial charge on any atom is -0.504 e. The zero-order valence-electron chi connectivity index (χ0n) is 20.1. The summed E-state index contributed by atoms with van der Waals surface area (Å²) in [5, 5.41) is 10.2. The Balaban J connectivity index is 1.78. The van der Waals surface area contributed by atoms with Gasteiger partial charge in [0.25, 0.3) is 0 Å². The van der Waals surface area contributed by atoms with E-state index in [1.165, 1.54) is 6.42 Å². The van der Waals surface area contributed by atoms with E-state index in [4.69, 9.17) is 14.5 Å². The normalized spacial score (nSPS) is 25.3. The number of phenols is 1. The van der Waals surface area contributed by atoms with Crippen molar-refractivity contribution in [3.05, 3.63) is 35.0 Å². The van der Waals surface area contributed by atoms with Gasteiger partial charge in [0.15, 0.2) is 11.5 Å². The van der Waals surface area contributed by atoms with Gasteiger partial charge < -0.3 is 14.6 Å². The molecule has 0 saturated heterocycles. The van der Waals surface area contributed by atoms with Crippen molar-refractivity contribution in [3.8, 4) is 11.5 Å². The lowest BCUT2D eigenvalue weighted by atomic mass is 9.63. The fraction of sp³-hybridized carbons (Fsp3) is 0.593. The van der Waals surface area contributed by atoms with Crippen molar-refractivity contribution < 1.29 is 24.2 Å². The predicted molar refractivity (Wildman–Crippen MR) is 127 cm³/mol. The zero-order chi connectivity index (χ0) is 23.8. The number of allylic oxidation sites excluding steroid dienone is 1. The van der Waals surface area contributed by atoms with Crippen molar-refractivity contribution in [2.24, 2.45) is 16.3 Å². The second-order valence-corrected chi connectivity index (χ2v) is 10.4. The number of ketones is 1. The van der Waals surface area contributed by atoms with Crippen LogP contribution in [0.15, 0.2) is 34.5 Å². The van der Waals surface area contributed by atoms with Gasteiger partial charge in [0.05, 0.1) is 18.1 Å². The molecule has 2 aliphatic carbocycles. The number of phenolic OH excluding ortho intramolecular Hbond substituents is 1. The second kappa shape index (κ2) is 9.32. The van der Waals surface area contributed by atoms with Gasteiger partial charge in [-0.05, 0) is 69.1 Å². The molecule has 1 aliphatic heterocycles. The molecule has 0 radical (unpaired) electrons. The van der Waals surface area contributed by atoms with Crippen molar-refractivity contribution in [1.82, 2.24) is 0 Å². The van der Waals surface area contributed by atoms with E-state index in [1.54, 1.807) is 18.2 Å². The van der Waals surface area contributed by atoms with E-state index < -0.39 is 11.8 Å². The van der Waals surface area contributed by atoms with E-state index in [2.05, 4.69) is 13.8 Å². The lowest BCUT2D eigenvalue weighted by molar-refractivity contribution is -0.146. The maximum absolute atomic E-state index is 13.5. The first-order valence-corrected chi connectivity index (χ1v) is 12.2. The Morgan fingerprint density at radius 3 is 2.58 bits per heavy atom. The number of ether oxygens (including phenoxy) is 2. The minimum absolute atomic E-state index is 0.0356. The van der Waals surface area contributed by atoms with Gasteiger partial charge in [-0.15, -0.1) is 0 Å². The molecule has 1 N–H and O–H groups in total. The largest absolute Gasteiger partial charge is 0.504 e. The van der Waals surface area contributed by atoms with Gasteiger partial charge >= 0.3 is 5.97 Å². The SMILES string of the molecule is CCOc1cc([C@@H]2C(C(=O)OC3CCCCC3)=C(C)N=C3CC(C)(C)CC(=O)C32)ccc1O. The van der Waals surface area contributed by atoms with Crippen molar-refractivity contribution in [3.63, 3.8) is 0 Å². The highest BCUT2D eigenvalue weighted by atomic mass is 16.5. The highest BCUT2D eigenvalue weighted by Crippen LogP contribution is 2.48. The molecule has 6 heteroatoms. The van der Waals surface area contributed by atoms with Crippen molar-refractivity contribution in [2.45, 2.75) is 84.7 Å². The standard InChI is InChI=1S/C27H35NO5/c1-5-32-22-13-17(11-12-20(22)29)24-23(26(31)33-18-9-7-6-8-10-18)16(2)28-19-14-27(3,4)15-21(30)25(19)24/h11-13,18,24-25,29H,5-10,14-15H2,1-4H3/t24-,25?/m1/s1. The maximum atomic E-state index is 13.5. The van der Waals surface area contributed by atoms with Crippen LogP contribution in [0.1, 0.15) is 84.1 Å². The summed E-state index contributed by atoms with van der Waals surface area (Å²) in [6.07, 6.45) is 6.11. The third kappa shape index (κ3) is 4.85. The van der Waals surface area contributed by atoms with E-state index in [1.807, 2.05) is 13.8 Å². The van der Waals surface area contributed by atoms with Crippen LogP contribution in [0.5, 0.6) is 11.5 Å². The molecule has 2 saturated carbocycles. The van der Waals surface area contributed by atoms with Crippen LogP contribution >= 0.6 is 0 Å². The number of nitrogens with zero attached hydrogens (tertiary/aromatic N) is 1. The number of hydrogen-bond donors (Lipinski definition) is 1. The number of benzene rings is 1. The summed E-state index contributed by atoms with van der Waals surface area (Å²) in [5.41, 5.74) is 2.50. The lowest BCUT2D eigenvalue weighted by Gasteiger charge is -2.41. The Hall–Kier alpha value is -2.63. The van der Waals surface area contributed by atoms with Crippen LogP contribution < -0.4 is 4.74 Å². The number of aliphatic imine (C=N–C) groups is 1. The molecule has 4 rings (SSSR count). The average Bonchev–Trinajstić information content (AvgIpc) is 2.74. The number of hydrogen-bond acceptors (Lipinski definition) is 6. The molecule has 1 aromatic rings. The molecule has 0 spiro atoms. The minimum atomic E-state index is -0.505. The highest BCUT2D eigenvalue weighted by Gasteiger charge is 2.48. The van der Waals surface area contributed by atoms with Gasteiger partial charge in [-0.3, -0.25) is 9.79 Å². The molecule has 178 valence electrons. The summed E-state index contributed by atoms with van der Waals surface area (Å²) in [6, 6.07) is 5.10. The predicted octanol–water partition coefficient (Wildman–Crippen LogP) is 5.48. The Labute approximate surface area is 196 Å². The fourth-order valence-corrected chi connectivity index (χ4v) is 5.61. The molecule has 2 fully saturated rings. The number of esters is 1. The first-order chi connectivity index (χ1) is 15.7. The second-order valence-electron chi connectivity index (χ2n) is 10.4. The smallest absolute Gasteiger partial charge is 0.336 e. The van der Waals surface area contributed by atoms with Crippen LogP contribution in [0.2, 0.25) is 0 Å². The van der Waals surface area contributed by atoms with E-state index in [9.17, 15) is 14.7 Å². The third-order valence-electron chi connectivity index (χ3n) is 7.05. The van der Waals surface area contributed by atoms with Crippen LogP contribution in [-0.2, 0) is 14.3 Å². The van der Waals surface area contributed by atoms with Crippen molar-refractivity contribution in [2.75, 3.05) is 6.61 Å². The number of carbonyl (C=O) groups excluding carboxylic acids is 2. The van der Waals surface area contributed by atoms with Gasteiger partial charge in [0.1, 0.15) is 11.9 Å². The molecule has 2 atom stereocenters. The first-order valence-electron chi connectivity index (χ1n) is 12.2. The number of Topliss-reactive ketones (excluding diaryl/α,β-unsaturated/α-hetero) is 1. The molecule has 1 heterocycles. The molecule has 0 amide bonds. The van der Waals surface area contributed by atoms with Gasteiger partial charge in [0.2, 0.25) is 0 Å². The topological polar surface area (TPSA) is 85.2 Å². The Bertz CT molecular complexity index is 1000. The first kappa shape index (κ1) is 23.5. The van der Waals surface area contributed by atoms with Gasteiger partial charge in [0, 0.05) is 23.7 Å². The lowest BCUT2D eigenvalue weighted by Crippen LogP contribution is -2.44. The number of aromatic hydroxyl groups is 1. The van der Waals surface area contributed by atoms with Gasteiger partial charge in [-0.2, -0.15) is 0 Å². The summed E-state index contributed by atoms with van der Waals surface area (Å²) in [5.74, 6) is -0.909. The molecule has 33 heavy (non-hydrogen) atoms. The molecule has 3 aliphatic rings. The van der Waals surface area contributed by atoms with Crippen LogP contribution in [0.4, 0.5) is 0 Å². The molecule has 0 bridgehead atoms. The van der Waals surface area contributed by atoms with E-state index in [0.717, 1.165) is 37.0 Å². The fourth-order valence-electron chi connectivity index (χ4n) is 5.61. The van der Waals surface area contributed by atoms with Crippen molar-refractivity contribution in [1.29, 1.82) is 0 Å². The number of carbonyl (C=O) groups is 2. The van der Waals surface area contributed by atoms with Crippen LogP contribution in [0.25, 0.3) is 0 Å². The van der Waals surface area contributed by atoms with E-state index in [-0.39, 0.29) is 29.0 Å². The Kier molecular flexibility index (Phi) is 6.64. The van der Waals surface area contributed by atoms with Gasteiger partial charge in [-0.1, -0.05) is 26.3 Å². The quantitative estimate of drug-likeness (QED) is 0.596. The summed E-state index contributed by atoms with van der Waals surface area (Å²) in [6.45, 7) is 8.25. The van der Waals surface area contributed by atoms with Crippen LogP contribution in [0, 0.1) is 11.3 Å². The van der Waals surface area contributed by atoms with E-state index in [0.29, 0.717) is 36.5 Å². The van der Waals surface area contributed by atoms with Crippen LogP contribution in [0.3, 0.4) is 0 Å². The average molecular weight is 454 g/mol. The third-order valence-corrected chi connectivity index (χ3v) is 7.05.